The zero-order valence-electron chi connectivity index (χ0n) is 7.93. The van der Waals surface area contributed by atoms with Gasteiger partial charge in [-0.25, -0.2) is 0 Å². The Kier molecular flexibility index (Phi) is 7.08. The van der Waals surface area contributed by atoms with Crippen molar-refractivity contribution >= 4 is 18.9 Å². The van der Waals surface area contributed by atoms with Gasteiger partial charge in [-0.15, -0.1) is 0 Å². The lowest BCUT2D eigenvalue weighted by Gasteiger charge is -2.18. The Bertz CT molecular complexity index is 109. The molecule has 74 valence electrons. The van der Waals surface area contributed by atoms with Crippen LogP contribution in [0.3, 0.4) is 0 Å². The van der Waals surface area contributed by atoms with Crippen LogP contribution >= 0.6 is 11.1 Å². The molecule has 0 atom stereocenters. The van der Waals surface area contributed by atoms with E-state index in [1.807, 2.05) is 6.92 Å². The van der Waals surface area contributed by atoms with Gasteiger partial charge in [0, 0.05) is 33.5 Å². The average molecular weight is 213 g/mol. The second kappa shape index (κ2) is 6.86. The van der Waals surface area contributed by atoms with Crippen molar-refractivity contribution in [3.05, 3.63) is 0 Å². The van der Waals surface area contributed by atoms with Crippen molar-refractivity contribution in [1.29, 1.82) is 0 Å². The van der Waals surface area contributed by atoms with Crippen LogP contribution in [0.1, 0.15) is 13.3 Å². The fourth-order valence-corrected chi connectivity index (χ4v) is 2.36. The van der Waals surface area contributed by atoms with Gasteiger partial charge in [-0.05, 0) is 13.3 Å². The topological polar surface area (TPSA) is 27.7 Å². The maximum Gasteiger partial charge on any atom is 0.442 e. The summed E-state index contributed by atoms with van der Waals surface area (Å²) < 4.78 is 15.4. The summed E-state index contributed by atoms with van der Waals surface area (Å²) in [6, 6.07) is 0.765. The molecule has 0 amide bonds. The van der Waals surface area contributed by atoms with Gasteiger partial charge in [0.1, 0.15) is 0 Å². The fraction of sp³-hybridized carbons (Fsp3) is 1.00. The molecule has 3 nitrogen and oxygen atoms in total. The lowest BCUT2D eigenvalue weighted by Crippen LogP contribution is -2.33. The predicted octanol–water partition coefficient (Wildman–Crippen LogP) is 1.88. The number of rotatable bonds is 7. The monoisotopic (exact) mass is 212 g/mol. The van der Waals surface area contributed by atoms with Gasteiger partial charge < -0.3 is 13.6 Å². The van der Waals surface area contributed by atoms with Crippen LogP contribution in [0.4, 0.5) is 0 Å². The first-order valence-corrected chi connectivity index (χ1v) is 7.09. The van der Waals surface area contributed by atoms with Gasteiger partial charge in [-0.2, -0.15) is 0 Å². The van der Waals surface area contributed by atoms with Gasteiger partial charge in [-0.1, -0.05) is 11.1 Å². The van der Waals surface area contributed by atoms with Crippen LogP contribution < -0.4 is 0 Å². The maximum absolute atomic E-state index is 6.03. The number of ether oxygens (including phenoxy) is 1. The van der Waals surface area contributed by atoms with E-state index in [-0.39, 0.29) is 0 Å². The van der Waals surface area contributed by atoms with E-state index in [2.05, 4.69) is 0 Å². The summed E-state index contributed by atoms with van der Waals surface area (Å²) in [6.07, 6.45) is 0.894. The first-order chi connectivity index (χ1) is 5.68. The Hall–Kier alpha value is 0.387. The number of hydrogen-bond donors (Lipinski definition) is 0. The van der Waals surface area contributed by atoms with Crippen molar-refractivity contribution in [2.75, 3.05) is 27.4 Å². The van der Waals surface area contributed by atoms with Crippen molar-refractivity contribution in [2.45, 2.75) is 19.4 Å². The molecule has 0 spiro atoms. The third-order valence-corrected chi connectivity index (χ3v) is 5.24. The number of halogens is 1. The second-order valence-corrected chi connectivity index (χ2v) is 6.73. The fourth-order valence-electron chi connectivity index (χ4n) is 0.817. The van der Waals surface area contributed by atoms with Gasteiger partial charge in [0.15, 0.2) is 0 Å². The van der Waals surface area contributed by atoms with Crippen molar-refractivity contribution in [3.8, 4) is 0 Å². The molecule has 0 rings (SSSR count). The van der Waals surface area contributed by atoms with Gasteiger partial charge in [-0.3, -0.25) is 0 Å². The van der Waals surface area contributed by atoms with Gasteiger partial charge >= 0.3 is 7.87 Å². The SMILES string of the molecule is CCOCCC[Si](Cl)(OC)OC. The van der Waals surface area contributed by atoms with Crippen LogP contribution in [0, 0.1) is 0 Å². The van der Waals surface area contributed by atoms with E-state index in [0.29, 0.717) is 0 Å². The van der Waals surface area contributed by atoms with Crippen LogP contribution in [0.25, 0.3) is 0 Å². The van der Waals surface area contributed by atoms with Crippen molar-refractivity contribution in [1.82, 2.24) is 0 Å². The van der Waals surface area contributed by atoms with Crippen molar-refractivity contribution in [2.24, 2.45) is 0 Å². The van der Waals surface area contributed by atoms with E-state index >= 15 is 0 Å². The molecule has 0 unspecified atom stereocenters. The molecule has 0 saturated carbocycles. The average Bonchev–Trinajstić information content (AvgIpc) is 2.12. The molecule has 0 aromatic rings. The molecule has 0 saturated heterocycles. The minimum absolute atomic E-state index is 0.727. The minimum atomic E-state index is -2.36. The molecular weight excluding hydrogens is 196 g/mol. The summed E-state index contributed by atoms with van der Waals surface area (Å²) in [5.41, 5.74) is 0. The Morgan fingerprint density at radius 2 is 1.83 bits per heavy atom. The molecule has 12 heavy (non-hydrogen) atoms. The van der Waals surface area contributed by atoms with Gasteiger partial charge in [0.05, 0.1) is 0 Å². The predicted molar refractivity (Wildman–Crippen MR) is 51.5 cm³/mol. The molecule has 0 N–H and O–H groups in total. The smallest absolute Gasteiger partial charge is 0.386 e. The molecule has 0 heterocycles. The second-order valence-electron chi connectivity index (χ2n) is 2.37. The largest absolute Gasteiger partial charge is 0.442 e. The Balaban J connectivity index is 3.45. The molecule has 0 radical (unpaired) electrons. The molecule has 0 aliphatic heterocycles. The highest BCUT2D eigenvalue weighted by atomic mass is 35.6. The third-order valence-electron chi connectivity index (χ3n) is 1.58. The summed E-state index contributed by atoms with van der Waals surface area (Å²) in [5.74, 6) is 0. The molecule has 0 aliphatic rings. The summed E-state index contributed by atoms with van der Waals surface area (Å²) in [7, 11) is 0.818. The third kappa shape index (κ3) is 5.11. The summed E-state index contributed by atoms with van der Waals surface area (Å²) in [5, 5.41) is 0. The van der Waals surface area contributed by atoms with Crippen LogP contribution in [0.2, 0.25) is 6.04 Å². The quantitative estimate of drug-likeness (QED) is 0.367. The van der Waals surface area contributed by atoms with E-state index in [0.717, 1.165) is 25.7 Å². The van der Waals surface area contributed by atoms with E-state index in [1.165, 1.54) is 0 Å². The van der Waals surface area contributed by atoms with Crippen molar-refractivity contribution in [3.63, 3.8) is 0 Å². The standard InChI is InChI=1S/C7H17ClO3Si/c1-4-11-6-5-7-12(8,9-2)10-3/h4-7H2,1-3H3. The molecule has 0 fully saturated rings. The van der Waals surface area contributed by atoms with Crippen molar-refractivity contribution < 1.29 is 13.6 Å². The molecule has 0 aromatic heterocycles. The lowest BCUT2D eigenvalue weighted by atomic mass is 10.5. The molecule has 5 heteroatoms. The van der Waals surface area contributed by atoms with Crippen LogP contribution in [-0.4, -0.2) is 35.3 Å². The van der Waals surface area contributed by atoms with Crippen LogP contribution in [-0.2, 0) is 13.6 Å². The minimum Gasteiger partial charge on any atom is -0.386 e. The normalized spacial score (nSPS) is 12.0. The summed E-state index contributed by atoms with van der Waals surface area (Å²) >= 11 is 6.03. The molecular formula is C7H17ClO3Si. The first-order valence-electron chi connectivity index (χ1n) is 4.05. The highest BCUT2D eigenvalue weighted by Gasteiger charge is 2.32. The van der Waals surface area contributed by atoms with Gasteiger partial charge in [0.2, 0.25) is 0 Å². The summed E-state index contributed by atoms with van der Waals surface area (Å²) in [6.45, 7) is 3.44. The maximum atomic E-state index is 6.03. The molecule has 0 aromatic carbocycles. The Morgan fingerprint density at radius 3 is 2.25 bits per heavy atom. The van der Waals surface area contributed by atoms with Crippen LogP contribution in [0.5, 0.6) is 0 Å². The number of hydrogen-bond acceptors (Lipinski definition) is 3. The van der Waals surface area contributed by atoms with Crippen LogP contribution in [0.15, 0.2) is 0 Å². The Morgan fingerprint density at radius 1 is 1.25 bits per heavy atom. The first kappa shape index (κ1) is 12.4. The molecule has 0 bridgehead atoms. The zero-order valence-corrected chi connectivity index (χ0v) is 9.69. The highest BCUT2D eigenvalue weighted by Crippen LogP contribution is 2.18. The van der Waals surface area contributed by atoms with Gasteiger partial charge in [0.25, 0.3) is 0 Å². The molecule has 0 aliphatic carbocycles. The highest BCUT2D eigenvalue weighted by molar-refractivity contribution is 7.12. The summed E-state index contributed by atoms with van der Waals surface area (Å²) in [4.78, 5) is 0. The van der Waals surface area contributed by atoms with E-state index in [9.17, 15) is 0 Å². The Labute approximate surface area is 79.9 Å². The zero-order chi connectivity index (χ0) is 9.45. The van der Waals surface area contributed by atoms with E-state index in [1.54, 1.807) is 14.2 Å². The lowest BCUT2D eigenvalue weighted by molar-refractivity contribution is 0.145. The van der Waals surface area contributed by atoms with E-state index in [4.69, 9.17) is 24.7 Å². The van der Waals surface area contributed by atoms with E-state index < -0.39 is 7.87 Å².